The molecule has 22 heavy (non-hydrogen) atoms. The van der Waals surface area contributed by atoms with Crippen LogP contribution in [-0.2, 0) is 16.1 Å². The lowest BCUT2D eigenvalue weighted by Gasteiger charge is -2.32. The van der Waals surface area contributed by atoms with Gasteiger partial charge in [-0.15, -0.1) is 0 Å². The molecule has 6 heteroatoms. The summed E-state index contributed by atoms with van der Waals surface area (Å²) < 4.78 is 11.7. The third kappa shape index (κ3) is 2.92. The summed E-state index contributed by atoms with van der Waals surface area (Å²) in [6, 6.07) is 7.15. The van der Waals surface area contributed by atoms with Crippen LogP contribution in [0.4, 0.5) is 0 Å². The smallest absolute Gasteiger partial charge is 0.408 e. The number of fused-ring (bicyclic) bond motifs is 1. The van der Waals surface area contributed by atoms with E-state index in [9.17, 15) is 9.59 Å². The Labute approximate surface area is 128 Å². The van der Waals surface area contributed by atoms with E-state index >= 15 is 0 Å². The van der Waals surface area contributed by atoms with Crippen molar-refractivity contribution in [3.05, 3.63) is 34.8 Å². The molecular formula is C16H20N2O4. The van der Waals surface area contributed by atoms with Crippen LogP contribution in [0.15, 0.2) is 33.5 Å². The van der Waals surface area contributed by atoms with Crippen molar-refractivity contribution < 1.29 is 13.9 Å². The number of rotatable bonds is 4. The number of carbonyl (C=O) groups is 1. The zero-order chi connectivity index (χ0) is 15.5. The van der Waals surface area contributed by atoms with Gasteiger partial charge in [-0.1, -0.05) is 12.1 Å². The molecule has 1 aliphatic rings. The van der Waals surface area contributed by atoms with E-state index in [2.05, 4.69) is 0 Å². The number of nitrogens with zero attached hydrogens (tertiary/aromatic N) is 2. The van der Waals surface area contributed by atoms with Crippen LogP contribution in [0, 0.1) is 5.92 Å². The molecule has 2 aromatic rings. The Morgan fingerprint density at radius 1 is 1.41 bits per heavy atom. The molecule has 0 bridgehead atoms. The quantitative estimate of drug-likeness (QED) is 0.858. The second kappa shape index (κ2) is 6.36. The Bertz CT molecular complexity index is 716. The van der Waals surface area contributed by atoms with Crippen LogP contribution in [0.5, 0.6) is 0 Å². The third-order valence-corrected chi connectivity index (χ3v) is 4.14. The number of piperidine rings is 1. The first-order valence-electron chi connectivity index (χ1n) is 7.54. The lowest BCUT2D eigenvalue weighted by molar-refractivity contribution is -0.134. The van der Waals surface area contributed by atoms with E-state index in [0.29, 0.717) is 30.2 Å². The average molecular weight is 304 g/mol. The Hall–Kier alpha value is -2.08. The van der Waals surface area contributed by atoms with Gasteiger partial charge in [-0.2, -0.15) is 0 Å². The minimum absolute atomic E-state index is 0.0234. The van der Waals surface area contributed by atoms with E-state index in [1.807, 2.05) is 11.0 Å². The Kier molecular flexibility index (Phi) is 4.29. The molecule has 1 aromatic heterocycles. The number of carbonyl (C=O) groups excluding carboxylic acids is 1. The number of likely N-dealkylation sites (tertiary alicyclic amines) is 1. The van der Waals surface area contributed by atoms with Crippen LogP contribution in [0.1, 0.15) is 12.8 Å². The maximum atomic E-state index is 12.5. The van der Waals surface area contributed by atoms with Crippen LogP contribution in [0.25, 0.3) is 11.1 Å². The molecule has 0 aliphatic carbocycles. The fourth-order valence-electron chi connectivity index (χ4n) is 3.06. The zero-order valence-corrected chi connectivity index (χ0v) is 12.7. The van der Waals surface area contributed by atoms with Gasteiger partial charge in [-0.3, -0.25) is 9.36 Å². The van der Waals surface area contributed by atoms with Crippen molar-refractivity contribution in [1.29, 1.82) is 0 Å². The van der Waals surface area contributed by atoms with E-state index in [1.165, 1.54) is 4.57 Å². The van der Waals surface area contributed by atoms with Crippen molar-refractivity contribution in [2.45, 2.75) is 19.4 Å². The minimum atomic E-state index is -0.486. The number of methoxy groups -OCH3 is 1. The van der Waals surface area contributed by atoms with Crippen molar-refractivity contribution in [1.82, 2.24) is 9.47 Å². The molecule has 1 amide bonds. The lowest BCUT2D eigenvalue weighted by atomic mass is 9.99. The predicted molar refractivity (Wildman–Crippen MR) is 81.7 cm³/mol. The van der Waals surface area contributed by atoms with Gasteiger partial charge in [0, 0.05) is 20.2 Å². The van der Waals surface area contributed by atoms with Crippen LogP contribution in [-0.4, -0.2) is 42.2 Å². The topological polar surface area (TPSA) is 64.7 Å². The van der Waals surface area contributed by atoms with Crippen molar-refractivity contribution in [2.24, 2.45) is 5.92 Å². The molecule has 1 aliphatic heterocycles. The van der Waals surface area contributed by atoms with Crippen LogP contribution in [0.2, 0.25) is 0 Å². The summed E-state index contributed by atoms with van der Waals surface area (Å²) in [6.45, 7) is 2.12. The molecule has 1 aromatic carbocycles. The maximum absolute atomic E-state index is 12.5. The Morgan fingerprint density at radius 3 is 3.05 bits per heavy atom. The molecule has 0 saturated carbocycles. The predicted octanol–water partition coefficient (Wildman–Crippen LogP) is 1.48. The van der Waals surface area contributed by atoms with E-state index in [1.54, 1.807) is 25.3 Å². The average Bonchev–Trinajstić information content (AvgIpc) is 2.84. The second-order valence-corrected chi connectivity index (χ2v) is 5.73. The monoisotopic (exact) mass is 304 g/mol. The van der Waals surface area contributed by atoms with Gasteiger partial charge in [-0.25, -0.2) is 4.79 Å². The van der Waals surface area contributed by atoms with Gasteiger partial charge < -0.3 is 14.1 Å². The number of para-hydroxylation sites is 2. The number of benzene rings is 1. The van der Waals surface area contributed by atoms with Gasteiger partial charge in [0.15, 0.2) is 5.58 Å². The standard InChI is InChI=1S/C16H20N2O4/c1-21-11-12-5-4-8-17(9-12)15(19)10-18-13-6-2-3-7-14(13)22-16(18)20/h2-3,6-7,12H,4-5,8-11H2,1H3. The van der Waals surface area contributed by atoms with Gasteiger partial charge in [0.05, 0.1) is 12.1 Å². The molecule has 1 unspecified atom stereocenters. The number of hydrogen-bond donors (Lipinski definition) is 0. The minimum Gasteiger partial charge on any atom is -0.408 e. The number of ether oxygens (including phenoxy) is 1. The number of oxazole rings is 1. The first kappa shape index (κ1) is 14.8. The number of amides is 1. The number of hydrogen-bond acceptors (Lipinski definition) is 4. The molecule has 0 radical (unpaired) electrons. The van der Waals surface area contributed by atoms with E-state index in [0.717, 1.165) is 19.4 Å². The van der Waals surface area contributed by atoms with E-state index in [-0.39, 0.29) is 12.5 Å². The first-order valence-corrected chi connectivity index (χ1v) is 7.54. The first-order chi connectivity index (χ1) is 10.7. The molecule has 1 saturated heterocycles. The van der Waals surface area contributed by atoms with Gasteiger partial charge in [0.2, 0.25) is 5.91 Å². The van der Waals surface area contributed by atoms with E-state index < -0.39 is 5.76 Å². The normalized spacial score (nSPS) is 18.8. The maximum Gasteiger partial charge on any atom is 0.420 e. The Morgan fingerprint density at radius 2 is 2.23 bits per heavy atom. The molecule has 0 N–H and O–H groups in total. The van der Waals surface area contributed by atoms with Crippen LogP contribution < -0.4 is 5.76 Å². The third-order valence-electron chi connectivity index (χ3n) is 4.14. The summed E-state index contributed by atoms with van der Waals surface area (Å²) in [5.41, 5.74) is 1.17. The fraction of sp³-hybridized carbons (Fsp3) is 0.500. The van der Waals surface area contributed by atoms with Crippen LogP contribution >= 0.6 is 0 Å². The zero-order valence-electron chi connectivity index (χ0n) is 12.7. The molecular weight excluding hydrogens is 284 g/mol. The SMILES string of the molecule is COCC1CCCN(C(=O)Cn2c(=O)oc3ccccc32)C1. The largest absolute Gasteiger partial charge is 0.420 e. The van der Waals surface area contributed by atoms with Gasteiger partial charge in [0.1, 0.15) is 6.54 Å². The highest BCUT2D eigenvalue weighted by molar-refractivity contribution is 5.79. The van der Waals surface area contributed by atoms with Gasteiger partial charge in [-0.05, 0) is 30.9 Å². The molecule has 0 spiro atoms. The highest BCUT2D eigenvalue weighted by Gasteiger charge is 2.24. The summed E-state index contributed by atoms with van der Waals surface area (Å²) in [6.07, 6.45) is 2.05. The van der Waals surface area contributed by atoms with Gasteiger partial charge in [0.25, 0.3) is 0 Å². The highest BCUT2D eigenvalue weighted by Crippen LogP contribution is 2.18. The second-order valence-electron chi connectivity index (χ2n) is 5.73. The summed E-state index contributed by atoms with van der Waals surface area (Å²) >= 11 is 0. The molecule has 6 nitrogen and oxygen atoms in total. The highest BCUT2D eigenvalue weighted by atomic mass is 16.5. The van der Waals surface area contributed by atoms with Crippen LogP contribution in [0.3, 0.4) is 0 Å². The fourth-order valence-corrected chi connectivity index (χ4v) is 3.06. The molecule has 1 atom stereocenters. The van der Waals surface area contributed by atoms with Crippen molar-refractivity contribution in [2.75, 3.05) is 26.8 Å². The summed E-state index contributed by atoms with van der Waals surface area (Å²) in [5.74, 6) is -0.157. The molecule has 1 fully saturated rings. The summed E-state index contributed by atoms with van der Waals surface area (Å²) in [4.78, 5) is 26.2. The van der Waals surface area contributed by atoms with Crippen molar-refractivity contribution >= 4 is 17.0 Å². The summed E-state index contributed by atoms with van der Waals surface area (Å²) in [5, 5.41) is 0. The van der Waals surface area contributed by atoms with E-state index in [4.69, 9.17) is 9.15 Å². The Balaban J connectivity index is 1.75. The van der Waals surface area contributed by atoms with Crippen molar-refractivity contribution in [3.8, 4) is 0 Å². The summed E-state index contributed by atoms with van der Waals surface area (Å²) in [7, 11) is 1.68. The lowest BCUT2D eigenvalue weighted by Crippen LogP contribution is -2.43. The van der Waals surface area contributed by atoms with Crippen molar-refractivity contribution in [3.63, 3.8) is 0 Å². The van der Waals surface area contributed by atoms with Gasteiger partial charge >= 0.3 is 5.76 Å². The number of aromatic nitrogens is 1. The molecule has 2 heterocycles. The molecule has 118 valence electrons. The molecule has 3 rings (SSSR count).